The summed E-state index contributed by atoms with van der Waals surface area (Å²) in [6.45, 7) is 3.60. The molecular weight excluding hydrogens is 355 g/mol. The molecule has 0 aliphatic rings. The van der Waals surface area contributed by atoms with Crippen LogP contribution in [0.2, 0.25) is 5.02 Å². The van der Waals surface area contributed by atoms with E-state index in [1.165, 1.54) is 6.07 Å². The highest BCUT2D eigenvalue weighted by Gasteiger charge is 2.33. The van der Waals surface area contributed by atoms with Crippen molar-refractivity contribution >= 4 is 23.2 Å². The molecule has 1 amide bonds. The van der Waals surface area contributed by atoms with Crippen molar-refractivity contribution in [1.29, 1.82) is 0 Å². The number of amides is 1. The highest BCUT2D eigenvalue weighted by molar-refractivity contribution is 6.31. The zero-order chi connectivity index (χ0) is 18.6. The number of aryl methyl sites for hydroxylation is 1. The highest BCUT2D eigenvalue weighted by atomic mass is 35.5. The number of para-hydroxylation sites is 1. The first-order valence-corrected chi connectivity index (χ1v) is 8.00. The van der Waals surface area contributed by atoms with E-state index in [2.05, 4.69) is 5.32 Å². The molecule has 7 heteroatoms. The molecule has 1 N–H and O–H groups in total. The van der Waals surface area contributed by atoms with Crippen LogP contribution in [0.25, 0.3) is 0 Å². The largest absolute Gasteiger partial charge is 0.480 e. The van der Waals surface area contributed by atoms with E-state index >= 15 is 0 Å². The molecule has 25 heavy (non-hydrogen) atoms. The van der Waals surface area contributed by atoms with Gasteiger partial charge in [0.2, 0.25) is 0 Å². The SMILES string of the molecule is CCC(Oc1ccccc1C)C(=O)Nc1ccc(Cl)c(C(F)(F)F)c1. The Kier molecular flexibility index (Phi) is 5.95. The van der Waals surface area contributed by atoms with Gasteiger partial charge in [0.1, 0.15) is 5.75 Å². The Hall–Kier alpha value is -2.21. The second-order valence-electron chi connectivity index (χ2n) is 5.46. The highest BCUT2D eigenvalue weighted by Crippen LogP contribution is 2.36. The van der Waals surface area contributed by atoms with Crippen LogP contribution < -0.4 is 10.1 Å². The molecule has 2 aromatic carbocycles. The third-order valence-corrected chi connectivity index (χ3v) is 3.89. The van der Waals surface area contributed by atoms with Crippen LogP contribution >= 0.6 is 11.6 Å². The lowest BCUT2D eigenvalue weighted by atomic mass is 10.1. The van der Waals surface area contributed by atoms with E-state index in [-0.39, 0.29) is 5.69 Å². The molecule has 0 heterocycles. The lowest BCUT2D eigenvalue weighted by Crippen LogP contribution is -2.32. The molecule has 0 saturated carbocycles. The summed E-state index contributed by atoms with van der Waals surface area (Å²) in [5.74, 6) is 0.0257. The molecule has 134 valence electrons. The molecule has 0 aliphatic heterocycles. The second-order valence-corrected chi connectivity index (χ2v) is 5.87. The van der Waals surface area contributed by atoms with Crippen LogP contribution in [0.15, 0.2) is 42.5 Å². The van der Waals surface area contributed by atoms with Crippen LogP contribution in [-0.2, 0) is 11.0 Å². The van der Waals surface area contributed by atoms with E-state index in [1.54, 1.807) is 19.1 Å². The van der Waals surface area contributed by atoms with Gasteiger partial charge in [-0.1, -0.05) is 36.7 Å². The average molecular weight is 372 g/mol. The van der Waals surface area contributed by atoms with Crippen LogP contribution in [-0.4, -0.2) is 12.0 Å². The minimum absolute atomic E-state index is 0.00792. The van der Waals surface area contributed by atoms with Crippen LogP contribution in [0.3, 0.4) is 0 Å². The van der Waals surface area contributed by atoms with Crippen molar-refractivity contribution in [2.45, 2.75) is 32.5 Å². The Labute approximate surface area is 148 Å². The maximum atomic E-state index is 12.9. The minimum Gasteiger partial charge on any atom is -0.480 e. The van der Waals surface area contributed by atoms with E-state index in [0.29, 0.717) is 12.2 Å². The standard InChI is InChI=1S/C18H17ClF3NO2/c1-3-15(25-16-7-5-4-6-11(16)2)17(24)23-12-8-9-14(19)13(10-12)18(20,21)22/h4-10,15H,3H2,1-2H3,(H,23,24). The van der Waals surface area contributed by atoms with Crippen molar-refractivity contribution < 1.29 is 22.7 Å². The minimum atomic E-state index is -4.60. The predicted molar refractivity (Wildman–Crippen MR) is 91.0 cm³/mol. The van der Waals surface area contributed by atoms with Crippen LogP contribution in [0.5, 0.6) is 5.75 Å². The third-order valence-electron chi connectivity index (χ3n) is 3.57. The van der Waals surface area contributed by atoms with Crippen LogP contribution in [0.1, 0.15) is 24.5 Å². The first kappa shape index (κ1) is 19.1. The lowest BCUT2D eigenvalue weighted by molar-refractivity contribution is -0.137. The van der Waals surface area contributed by atoms with Crippen molar-refractivity contribution in [3.05, 3.63) is 58.6 Å². The fraction of sp³-hybridized carbons (Fsp3) is 0.278. The summed E-state index contributed by atoms with van der Waals surface area (Å²) < 4.78 is 44.4. The maximum absolute atomic E-state index is 12.9. The molecule has 0 radical (unpaired) electrons. The summed E-state index contributed by atoms with van der Waals surface area (Å²) in [6, 6.07) is 10.4. The molecule has 2 aromatic rings. The second kappa shape index (κ2) is 7.78. The van der Waals surface area contributed by atoms with Crippen molar-refractivity contribution in [3.63, 3.8) is 0 Å². The Bertz CT molecular complexity index is 762. The van der Waals surface area contributed by atoms with Crippen molar-refractivity contribution in [2.24, 2.45) is 0 Å². The summed E-state index contributed by atoms with van der Waals surface area (Å²) in [7, 11) is 0. The lowest BCUT2D eigenvalue weighted by Gasteiger charge is -2.19. The number of rotatable bonds is 5. The Morgan fingerprint density at radius 3 is 2.52 bits per heavy atom. The molecule has 1 atom stereocenters. The summed E-state index contributed by atoms with van der Waals surface area (Å²) in [6.07, 6.45) is -5.06. The number of benzene rings is 2. The zero-order valence-corrected chi connectivity index (χ0v) is 14.4. The van der Waals surface area contributed by atoms with Gasteiger partial charge < -0.3 is 10.1 Å². The Morgan fingerprint density at radius 1 is 1.24 bits per heavy atom. The van der Waals surface area contributed by atoms with Gasteiger partial charge in [0.05, 0.1) is 10.6 Å². The molecular formula is C18H17ClF3NO2. The number of hydrogen-bond donors (Lipinski definition) is 1. The zero-order valence-electron chi connectivity index (χ0n) is 13.7. The summed E-state index contributed by atoms with van der Waals surface area (Å²) in [5, 5.41) is 2.03. The molecule has 1 unspecified atom stereocenters. The molecule has 0 saturated heterocycles. The van der Waals surface area contributed by atoms with E-state index in [1.807, 2.05) is 19.1 Å². The molecule has 0 spiro atoms. The van der Waals surface area contributed by atoms with Crippen molar-refractivity contribution in [2.75, 3.05) is 5.32 Å². The van der Waals surface area contributed by atoms with Crippen molar-refractivity contribution in [3.8, 4) is 5.75 Å². The first-order valence-electron chi connectivity index (χ1n) is 7.62. The van der Waals surface area contributed by atoms with Crippen LogP contribution in [0.4, 0.5) is 18.9 Å². The molecule has 0 aliphatic carbocycles. The Balaban J connectivity index is 2.16. The average Bonchev–Trinajstić information content (AvgIpc) is 2.54. The first-order chi connectivity index (χ1) is 11.7. The number of nitrogens with one attached hydrogen (secondary N) is 1. The number of carbonyl (C=O) groups excluding carboxylic acids is 1. The van der Waals surface area contributed by atoms with Gasteiger partial charge in [-0.2, -0.15) is 13.2 Å². The number of ether oxygens (including phenoxy) is 1. The van der Waals surface area contributed by atoms with Gasteiger partial charge in [-0.15, -0.1) is 0 Å². The van der Waals surface area contributed by atoms with Gasteiger partial charge >= 0.3 is 6.18 Å². The van der Waals surface area contributed by atoms with Gasteiger partial charge in [0.15, 0.2) is 6.10 Å². The quantitative estimate of drug-likeness (QED) is 0.757. The number of halogens is 4. The van der Waals surface area contributed by atoms with E-state index in [4.69, 9.17) is 16.3 Å². The van der Waals surface area contributed by atoms with E-state index in [9.17, 15) is 18.0 Å². The molecule has 0 aromatic heterocycles. The topological polar surface area (TPSA) is 38.3 Å². The molecule has 0 fully saturated rings. The number of hydrogen-bond acceptors (Lipinski definition) is 2. The van der Waals surface area contributed by atoms with Gasteiger partial charge in [-0.25, -0.2) is 0 Å². The normalized spacial score (nSPS) is 12.6. The van der Waals surface area contributed by atoms with E-state index in [0.717, 1.165) is 17.7 Å². The summed E-state index contributed by atoms with van der Waals surface area (Å²) in [5.41, 5.74) is -0.131. The van der Waals surface area contributed by atoms with Gasteiger partial charge in [0, 0.05) is 5.69 Å². The maximum Gasteiger partial charge on any atom is 0.417 e. The number of carbonyl (C=O) groups is 1. The number of anilines is 1. The molecule has 2 rings (SSSR count). The smallest absolute Gasteiger partial charge is 0.417 e. The van der Waals surface area contributed by atoms with Gasteiger partial charge in [-0.3, -0.25) is 4.79 Å². The third kappa shape index (κ3) is 4.89. The van der Waals surface area contributed by atoms with E-state index < -0.39 is 28.8 Å². The summed E-state index contributed by atoms with van der Waals surface area (Å²) in [4.78, 5) is 12.4. The van der Waals surface area contributed by atoms with Gasteiger partial charge in [-0.05, 0) is 43.2 Å². The van der Waals surface area contributed by atoms with Crippen LogP contribution in [0, 0.1) is 6.92 Å². The number of alkyl halides is 3. The fourth-order valence-corrected chi connectivity index (χ4v) is 2.43. The Morgan fingerprint density at radius 2 is 1.92 bits per heavy atom. The van der Waals surface area contributed by atoms with Gasteiger partial charge in [0.25, 0.3) is 5.91 Å². The fourth-order valence-electron chi connectivity index (χ4n) is 2.21. The molecule has 3 nitrogen and oxygen atoms in total. The summed E-state index contributed by atoms with van der Waals surface area (Å²) >= 11 is 5.57. The van der Waals surface area contributed by atoms with Crippen molar-refractivity contribution in [1.82, 2.24) is 0 Å². The molecule has 0 bridgehead atoms. The monoisotopic (exact) mass is 371 g/mol. The predicted octanol–water partition coefficient (Wildman–Crippen LogP) is 5.46.